The number of rotatable bonds is 1. The molecule has 0 radical (unpaired) electrons. The zero-order valence-electron chi connectivity index (χ0n) is 7.15. The van der Waals surface area contributed by atoms with Crippen molar-refractivity contribution in [2.24, 2.45) is 0 Å². The van der Waals surface area contributed by atoms with Crippen molar-refractivity contribution in [2.75, 3.05) is 0 Å². The van der Waals surface area contributed by atoms with Crippen LogP contribution in [0.2, 0.25) is 0 Å². The summed E-state index contributed by atoms with van der Waals surface area (Å²) in [7, 11) is -2.07. The number of nitrogens with zero attached hydrogens (tertiary/aromatic N) is 2. The lowest BCUT2D eigenvalue weighted by molar-refractivity contribution is -0.141. The molecule has 1 heterocycles. The molecule has 15 heavy (non-hydrogen) atoms. The van der Waals surface area contributed by atoms with Crippen LogP contribution in [-0.2, 0) is 6.18 Å². The number of hydrogen-bond acceptors (Lipinski definition) is 4. The first-order valence-corrected chi connectivity index (χ1v) is 3.70. The Kier molecular flexibility index (Phi) is 2.97. The van der Waals surface area contributed by atoms with Gasteiger partial charge in [-0.15, -0.1) is 0 Å². The van der Waals surface area contributed by atoms with Gasteiger partial charge >= 0.3 is 13.3 Å². The molecule has 1 rings (SSSR count). The minimum atomic E-state index is -4.73. The fourth-order valence-corrected chi connectivity index (χ4v) is 0.903. The monoisotopic (exact) mass is 216 g/mol. The Balaban J connectivity index is 3.32. The van der Waals surface area contributed by atoms with E-state index in [2.05, 4.69) is 4.98 Å². The molecule has 0 aliphatic carbocycles. The first-order chi connectivity index (χ1) is 6.84. The Morgan fingerprint density at radius 2 is 1.93 bits per heavy atom. The molecule has 1 aromatic heterocycles. The van der Waals surface area contributed by atoms with E-state index in [0.717, 1.165) is 6.07 Å². The van der Waals surface area contributed by atoms with Crippen LogP contribution >= 0.6 is 0 Å². The predicted molar refractivity (Wildman–Crippen MR) is 43.8 cm³/mol. The number of hydrogen-bond donors (Lipinski definition) is 2. The fraction of sp³-hybridized carbons (Fsp3) is 0.143. The van der Waals surface area contributed by atoms with E-state index >= 15 is 0 Å². The van der Waals surface area contributed by atoms with E-state index in [1.807, 2.05) is 0 Å². The Hall–Kier alpha value is -1.59. The summed E-state index contributed by atoms with van der Waals surface area (Å²) in [6.45, 7) is 0. The average Bonchev–Trinajstić information content (AvgIpc) is 2.15. The number of nitriles is 1. The average molecular weight is 216 g/mol. The quantitative estimate of drug-likeness (QED) is 0.629. The van der Waals surface area contributed by atoms with Crippen LogP contribution in [0.25, 0.3) is 0 Å². The highest BCUT2D eigenvalue weighted by Crippen LogP contribution is 2.26. The van der Waals surface area contributed by atoms with Crippen LogP contribution in [-0.4, -0.2) is 22.2 Å². The fourth-order valence-electron chi connectivity index (χ4n) is 0.903. The zero-order valence-corrected chi connectivity index (χ0v) is 7.15. The van der Waals surface area contributed by atoms with Gasteiger partial charge in [0.25, 0.3) is 0 Å². The molecular formula is C7H4BF3N2O2. The van der Waals surface area contributed by atoms with E-state index < -0.39 is 30.1 Å². The third-order valence-electron chi connectivity index (χ3n) is 1.55. The summed E-state index contributed by atoms with van der Waals surface area (Å²) < 4.78 is 36.6. The summed E-state index contributed by atoms with van der Waals surface area (Å²) in [5.41, 5.74) is -2.27. The highest BCUT2D eigenvalue weighted by molar-refractivity contribution is 6.58. The van der Waals surface area contributed by atoms with Crippen molar-refractivity contribution in [3.8, 4) is 6.07 Å². The minimum Gasteiger partial charge on any atom is -0.423 e. The molecule has 0 aliphatic heterocycles. The SMILES string of the molecule is N#Cc1cc(B(O)O)cc(C(F)(F)F)n1. The Bertz CT molecular complexity index is 414. The second-order valence-corrected chi connectivity index (χ2v) is 2.65. The van der Waals surface area contributed by atoms with Crippen LogP contribution in [0, 0.1) is 11.3 Å². The molecule has 0 aliphatic rings. The molecule has 8 heteroatoms. The van der Waals surface area contributed by atoms with Gasteiger partial charge in [-0.2, -0.15) is 18.4 Å². The predicted octanol–water partition coefficient (Wildman–Crippen LogP) is -0.348. The van der Waals surface area contributed by atoms with Crippen molar-refractivity contribution in [1.82, 2.24) is 4.98 Å². The highest BCUT2D eigenvalue weighted by atomic mass is 19.4. The first-order valence-electron chi connectivity index (χ1n) is 3.70. The summed E-state index contributed by atoms with van der Waals surface area (Å²) in [6, 6.07) is 2.75. The number of aromatic nitrogens is 1. The summed E-state index contributed by atoms with van der Waals surface area (Å²) >= 11 is 0. The second kappa shape index (κ2) is 3.88. The van der Waals surface area contributed by atoms with Gasteiger partial charge in [0.05, 0.1) is 0 Å². The van der Waals surface area contributed by atoms with Crippen molar-refractivity contribution in [1.29, 1.82) is 5.26 Å². The molecule has 0 amide bonds. The highest BCUT2D eigenvalue weighted by Gasteiger charge is 2.34. The molecule has 0 fully saturated rings. The minimum absolute atomic E-state index is 0.422. The molecule has 0 saturated heterocycles. The lowest BCUT2D eigenvalue weighted by Crippen LogP contribution is -2.32. The van der Waals surface area contributed by atoms with Crippen LogP contribution in [0.3, 0.4) is 0 Å². The van der Waals surface area contributed by atoms with E-state index in [9.17, 15) is 13.2 Å². The van der Waals surface area contributed by atoms with E-state index in [1.165, 1.54) is 6.07 Å². The smallest absolute Gasteiger partial charge is 0.423 e. The number of halogens is 3. The lowest BCUT2D eigenvalue weighted by Gasteiger charge is -2.07. The van der Waals surface area contributed by atoms with Crippen LogP contribution < -0.4 is 5.46 Å². The molecule has 0 spiro atoms. The summed E-state index contributed by atoms with van der Waals surface area (Å²) in [5, 5.41) is 25.8. The van der Waals surface area contributed by atoms with Crippen molar-refractivity contribution >= 4 is 12.6 Å². The molecule has 0 aromatic carbocycles. The molecule has 4 nitrogen and oxygen atoms in total. The van der Waals surface area contributed by atoms with Crippen molar-refractivity contribution < 1.29 is 23.2 Å². The standard InChI is InChI=1S/C7H4BF3N2O2/c9-7(10,11)6-2-4(8(14)15)1-5(3-12)13-6/h1-2,14-15H. The maximum absolute atomic E-state index is 12.2. The molecule has 2 N–H and O–H groups in total. The van der Waals surface area contributed by atoms with Gasteiger partial charge in [0.15, 0.2) is 0 Å². The summed E-state index contributed by atoms with van der Waals surface area (Å²) in [5.74, 6) is 0. The van der Waals surface area contributed by atoms with Crippen LogP contribution in [0.15, 0.2) is 12.1 Å². The van der Waals surface area contributed by atoms with Crippen LogP contribution in [0.1, 0.15) is 11.4 Å². The molecule has 0 saturated carbocycles. The third-order valence-corrected chi connectivity index (χ3v) is 1.55. The third kappa shape index (κ3) is 2.68. The van der Waals surface area contributed by atoms with Crippen LogP contribution in [0.5, 0.6) is 0 Å². The van der Waals surface area contributed by atoms with E-state index in [1.54, 1.807) is 0 Å². The Labute approximate surface area is 82.8 Å². The normalized spacial score (nSPS) is 10.9. The molecular weight excluding hydrogens is 212 g/mol. The topological polar surface area (TPSA) is 77.1 Å². The Morgan fingerprint density at radius 1 is 1.33 bits per heavy atom. The van der Waals surface area contributed by atoms with Crippen molar-refractivity contribution in [3.63, 3.8) is 0 Å². The van der Waals surface area contributed by atoms with Gasteiger partial charge in [0, 0.05) is 0 Å². The van der Waals surface area contributed by atoms with Crippen molar-refractivity contribution in [2.45, 2.75) is 6.18 Å². The van der Waals surface area contributed by atoms with E-state index in [0.29, 0.717) is 6.07 Å². The van der Waals surface area contributed by atoms with E-state index in [4.69, 9.17) is 15.3 Å². The van der Waals surface area contributed by atoms with Gasteiger partial charge in [0.2, 0.25) is 0 Å². The molecule has 78 valence electrons. The second-order valence-electron chi connectivity index (χ2n) is 2.65. The lowest BCUT2D eigenvalue weighted by atomic mass is 9.80. The number of pyridine rings is 1. The van der Waals surface area contributed by atoms with Gasteiger partial charge in [-0.1, -0.05) is 0 Å². The zero-order chi connectivity index (χ0) is 11.6. The maximum Gasteiger partial charge on any atom is 0.488 e. The van der Waals surface area contributed by atoms with Crippen LogP contribution in [0.4, 0.5) is 13.2 Å². The summed E-state index contributed by atoms with van der Waals surface area (Å²) in [4.78, 5) is 3.00. The van der Waals surface area contributed by atoms with E-state index in [-0.39, 0.29) is 0 Å². The van der Waals surface area contributed by atoms with Gasteiger partial charge in [0.1, 0.15) is 17.5 Å². The molecule has 0 bridgehead atoms. The van der Waals surface area contributed by atoms with Gasteiger partial charge in [-0.25, -0.2) is 4.98 Å². The first kappa shape index (κ1) is 11.5. The largest absolute Gasteiger partial charge is 0.488 e. The Morgan fingerprint density at radius 3 is 2.33 bits per heavy atom. The van der Waals surface area contributed by atoms with Crippen molar-refractivity contribution in [3.05, 3.63) is 23.5 Å². The van der Waals surface area contributed by atoms with Gasteiger partial charge < -0.3 is 10.0 Å². The number of alkyl halides is 3. The molecule has 0 unspecified atom stereocenters. The van der Waals surface area contributed by atoms with Gasteiger partial charge in [-0.3, -0.25) is 0 Å². The summed E-state index contributed by atoms with van der Waals surface area (Å²) in [6.07, 6.45) is -4.73. The molecule has 0 atom stereocenters. The van der Waals surface area contributed by atoms with Gasteiger partial charge in [-0.05, 0) is 17.6 Å². The molecule has 1 aromatic rings. The maximum atomic E-state index is 12.2.